The van der Waals surface area contributed by atoms with Crippen molar-refractivity contribution in [3.8, 4) is 0 Å². The van der Waals surface area contributed by atoms with Crippen LogP contribution in [-0.2, 0) is 15.7 Å². The van der Waals surface area contributed by atoms with Crippen molar-refractivity contribution >= 4 is 35.9 Å². The minimum atomic E-state index is -0.176. The number of thioether (sulfide) groups is 1. The van der Waals surface area contributed by atoms with Gasteiger partial charge in [-0.3, -0.25) is 4.79 Å². The zero-order valence-corrected chi connectivity index (χ0v) is 17.2. The fraction of sp³-hybridized carbons (Fsp3) is 0.765. The van der Waals surface area contributed by atoms with Gasteiger partial charge < -0.3 is 10.6 Å². The highest BCUT2D eigenvalue weighted by Gasteiger charge is 2.26. The lowest BCUT2D eigenvalue weighted by Gasteiger charge is -2.24. The van der Waals surface area contributed by atoms with Gasteiger partial charge in [0.2, 0.25) is 5.91 Å². The largest absolute Gasteiger partial charge is 0.312 e. The van der Waals surface area contributed by atoms with Crippen LogP contribution in [0.4, 0.5) is 5.82 Å². The standard InChI is InChI=1S/C17H30N4OS.ClH/c1-16(2,3)13-10-14(21(20-13)17(4,5)6)19-15(22)9-12-11-23-8-7-18-12;/h10,12,18H,7-9,11H2,1-6H3,(H,19,22);1H. The molecule has 1 atom stereocenters. The van der Waals surface area contributed by atoms with Gasteiger partial charge in [0.05, 0.1) is 11.2 Å². The van der Waals surface area contributed by atoms with Gasteiger partial charge in [-0.25, -0.2) is 4.68 Å². The molecule has 0 spiro atoms. The molecular weight excluding hydrogens is 344 g/mol. The number of halogens is 1. The summed E-state index contributed by atoms with van der Waals surface area (Å²) >= 11 is 1.91. The van der Waals surface area contributed by atoms with E-state index in [9.17, 15) is 4.79 Å². The lowest BCUT2D eigenvalue weighted by atomic mass is 9.92. The molecule has 0 radical (unpaired) electrons. The van der Waals surface area contributed by atoms with E-state index in [0.717, 1.165) is 29.6 Å². The molecule has 5 nitrogen and oxygen atoms in total. The van der Waals surface area contributed by atoms with Gasteiger partial charge in [0.25, 0.3) is 0 Å². The zero-order chi connectivity index (χ0) is 17.3. The number of aromatic nitrogens is 2. The summed E-state index contributed by atoms with van der Waals surface area (Å²) in [4.78, 5) is 12.4. The second-order valence-electron chi connectivity index (χ2n) is 8.23. The lowest BCUT2D eigenvalue weighted by molar-refractivity contribution is -0.116. The Labute approximate surface area is 156 Å². The fourth-order valence-corrected chi connectivity index (χ4v) is 3.47. The molecule has 7 heteroatoms. The maximum absolute atomic E-state index is 12.4. The van der Waals surface area contributed by atoms with Crippen LogP contribution in [-0.4, -0.2) is 39.8 Å². The smallest absolute Gasteiger partial charge is 0.227 e. The van der Waals surface area contributed by atoms with E-state index in [2.05, 4.69) is 52.2 Å². The molecule has 24 heavy (non-hydrogen) atoms. The van der Waals surface area contributed by atoms with Crippen molar-refractivity contribution in [1.82, 2.24) is 15.1 Å². The van der Waals surface area contributed by atoms with E-state index < -0.39 is 0 Å². The predicted molar refractivity (Wildman–Crippen MR) is 106 cm³/mol. The van der Waals surface area contributed by atoms with Crippen molar-refractivity contribution in [3.63, 3.8) is 0 Å². The number of nitrogens with one attached hydrogen (secondary N) is 2. The Bertz CT molecular complexity index is 554. The van der Waals surface area contributed by atoms with Crippen LogP contribution in [0.2, 0.25) is 0 Å². The Morgan fingerprint density at radius 1 is 1.38 bits per heavy atom. The zero-order valence-electron chi connectivity index (χ0n) is 15.6. The van der Waals surface area contributed by atoms with Gasteiger partial charge in [0.1, 0.15) is 5.82 Å². The molecule has 2 N–H and O–H groups in total. The third kappa shape index (κ3) is 5.67. The first-order valence-electron chi connectivity index (χ1n) is 8.29. The Morgan fingerprint density at radius 2 is 2.04 bits per heavy atom. The van der Waals surface area contributed by atoms with Crippen LogP contribution in [0.15, 0.2) is 6.07 Å². The number of amides is 1. The Hall–Kier alpha value is -0.720. The fourth-order valence-electron chi connectivity index (χ4n) is 2.52. The number of hydrogen-bond acceptors (Lipinski definition) is 4. The Balaban J connectivity index is 0.00000288. The number of hydrogen-bond donors (Lipinski definition) is 2. The van der Waals surface area contributed by atoms with Crippen LogP contribution in [0.3, 0.4) is 0 Å². The molecule has 1 unspecified atom stereocenters. The maximum Gasteiger partial charge on any atom is 0.227 e. The number of anilines is 1. The molecule has 0 aliphatic carbocycles. The summed E-state index contributed by atoms with van der Waals surface area (Å²) in [5.41, 5.74) is 0.775. The molecule has 0 aromatic carbocycles. The van der Waals surface area contributed by atoms with Crippen LogP contribution in [0.25, 0.3) is 0 Å². The third-order valence-electron chi connectivity index (χ3n) is 3.81. The lowest BCUT2D eigenvalue weighted by Crippen LogP contribution is -2.40. The van der Waals surface area contributed by atoms with Gasteiger partial charge in [-0.15, -0.1) is 12.4 Å². The maximum atomic E-state index is 12.4. The van der Waals surface area contributed by atoms with Gasteiger partial charge >= 0.3 is 0 Å². The van der Waals surface area contributed by atoms with E-state index >= 15 is 0 Å². The van der Waals surface area contributed by atoms with Crippen LogP contribution < -0.4 is 10.6 Å². The first kappa shape index (κ1) is 21.3. The van der Waals surface area contributed by atoms with Crippen LogP contribution in [0.1, 0.15) is 53.7 Å². The van der Waals surface area contributed by atoms with E-state index in [4.69, 9.17) is 5.10 Å². The first-order valence-corrected chi connectivity index (χ1v) is 9.45. The second-order valence-corrected chi connectivity index (χ2v) is 9.38. The molecular formula is C17H31ClN4OS. The molecule has 138 valence electrons. The summed E-state index contributed by atoms with van der Waals surface area (Å²) in [5, 5.41) is 11.2. The summed E-state index contributed by atoms with van der Waals surface area (Å²) in [6.07, 6.45) is 0.507. The molecule has 1 aromatic rings. The predicted octanol–water partition coefficient (Wildman–Crippen LogP) is 3.39. The van der Waals surface area contributed by atoms with Gasteiger partial charge in [0, 0.05) is 42.0 Å². The Morgan fingerprint density at radius 3 is 2.54 bits per heavy atom. The summed E-state index contributed by atoms with van der Waals surface area (Å²) in [5.74, 6) is 2.97. The van der Waals surface area contributed by atoms with Gasteiger partial charge in [-0.2, -0.15) is 16.9 Å². The second kappa shape index (κ2) is 8.11. The summed E-state index contributed by atoms with van der Waals surface area (Å²) in [6.45, 7) is 13.7. The van der Waals surface area contributed by atoms with E-state index in [1.807, 2.05) is 22.5 Å². The average molecular weight is 375 g/mol. The molecule has 1 aliphatic rings. The van der Waals surface area contributed by atoms with Gasteiger partial charge in [-0.1, -0.05) is 20.8 Å². The van der Waals surface area contributed by atoms with Crippen molar-refractivity contribution in [2.75, 3.05) is 23.4 Å². The van der Waals surface area contributed by atoms with Gasteiger partial charge in [0.15, 0.2) is 0 Å². The minimum Gasteiger partial charge on any atom is -0.312 e. The van der Waals surface area contributed by atoms with E-state index in [1.54, 1.807) is 0 Å². The quantitative estimate of drug-likeness (QED) is 0.851. The minimum absolute atomic E-state index is 0. The van der Waals surface area contributed by atoms with Crippen molar-refractivity contribution in [2.45, 2.75) is 65.0 Å². The molecule has 2 rings (SSSR count). The van der Waals surface area contributed by atoms with E-state index in [0.29, 0.717) is 6.42 Å². The molecule has 0 bridgehead atoms. The summed E-state index contributed by atoms with van der Waals surface area (Å²) in [7, 11) is 0. The number of carbonyl (C=O) groups is 1. The normalized spacial score (nSPS) is 18.8. The van der Waals surface area contributed by atoms with E-state index in [1.165, 1.54) is 0 Å². The Kier molecular flexibility index (Phi) is 7.20. The number of nitrogens with zero attached hydrogens (tertiary/aromatic N) is 2. The van der Waals surface area contributed by atoms with Crippen LogP contribution in [0, 0.1) is 0 Å². The molecule has 1 amide bonds. The monoisotopic (exact) mass is 374 g/mol. The third-order valence-corrected chi connectivity index (χ3v) is 4.94. The summed E-state index contributed by atoms with van der Waals surface area (Å²) < 4.78 is 1.93. The molecule has 1 aliphatic heterocycles. The van der Waals surface area contributed by atoms with Crippen LogP contribution in [0.5, 0.6) is 0 Å². The average Bonchev–Trinajstić information content (AvgIpc) is 2.83. The van der Waals surface area contributed by atoms with Gasteiger partial charge in [-0.05, 0) is 20.8 Å². The molecule has 1 fully saturated rings. The number of rotatable bonds is 3. The summed E-state index contributed by atoms with van der Waals surface area (Å²) in [6, 6.07) is 2.27. The first-order chi connectivity index (χ1) is 10.6. The molecule has 1 aromatic heterocycles. The van der Waals surface area contributed by atoms with Crippen molar-refractivity contribution in [2.24, 2.45) is 0 Å². The van der Waals surface area contributed by atoms with Crippen molar-refractivity contribution < 1.29 is 4.79 Å². The van der Waals surface area contributed by atoms with Crippen LogP contribution >= 0.6 is 24.2 Å². The highest BCUT2D eigenvalue weighted by atomic mass is 35.5. The van der Waals surface area contributed by atoms with Crippen molar-refractivity contribution in [1.29, 1.82) is 0 Å². The molecule has 1 saturated heterocycles. The molecule has 2 heterocycles. The topological polar surface area (TPSA) is 59.0 Å². The number of carbonyl (C=O) groups excluding carboxylic acids is 1. The van der Waals surface area contributed by atoms with Crippen molar-refractivity contribution in [3.05, 3.63) is 11.8 Å². The SMILES string of the molecule is CC(C)(C)c1cc(NC(=O)CC2CSCCN2)n(C(C)(C)C)n1.Cl. The highest BCUT2D eigenvalue weighted by Crippen LogP contribution is 2.28. The highest BCUT2D eigenvalue weighted by molar-refractivity contribution is 7.99. The van der Waals surface area contributed by atoms with E-state index in [-0.39, 0.29) is 35.3 Å². The molecule has 0 saturated carbocycles.